The van der Waals surface area contributed by atoms with Gasteiger partial charge in [0, 0.05) is 17.8 Å². The van der Waals surface area contributed by atoms with Crippen molar-refractivity contribution >= 4 is 24.0 Å². The summed E-state index contributed by atoms with van der Waals surface area (Å²) in [6.45, 7) is 2.34. The number of anilines is 1. The highest BCUT2D eigenvalue weighted by atomic mass is 35.5. The number of carbonyl (C=O) groups excluding carboxylic acids is 1. The van der Waals surface area contributed by atoms with Gasteiger partial charge in [0.05, 0.1) is 0 Å². The molecule has 0 radical (unpaired) electrons. The molecule has 0 atom stereocenters. The molecule has 0 fully saturated rings. The molecule has 0 unspecified atom stereocenters. The Labute approximate surface area is 162 Å². The van der Waals surface area contributed by atoms with Gasteiger partial charge in [0.2, 0.25) is 0 Å². The van der Waals surface area contributed by atoms with Crippen LogP contribution in [0.15, 0.2) is 48.5 Å². The standard InChI is InChI=1S/C20H27N3O2.ClH/c1-21-13-12-16-6-4-5-7-19(16)20(24)22-17-8-10-18(11-9-17)25-15-14-23(2)3;/h4-11,21H,12-15H2,1-3H3,(H,22,24);1H. The van der Waals surface area contributed by atoms with Crippen LogP contribution in [0.2, 0.25) is 0 Å². The van der Waals surface area contributed by atoms with E-state index in [0.717, 1.165) is 36.5 Å². The zero-order valence-corrected chi connectivity index (χ0v) is 16.4. The SMILES string of the molecule is CNCCc1ccccc1C(=O)Nc1ccc(OCCN(C)C)cc1.Cl. The van der Waals surface area contributed by atoms with Crippen LogP contribution in [0, 0.1) is 0 Å². The van der Waals surface area contributed by atoms with Crippen LogP contribution in [0.5, 0.6) is 5.75 Å². The van der Waals surface area contributed by atoms with E-state index >= 15 is 0 Å². The van der Waals surface area contributed by atoms with E-state index in [4.69, 9.17) is 4.74 Å². The smallest absolute Gasteiger partial charge is 0.255 e. The first-order valence-corrected chi connectivity index (χ1v) is 8.51. The van der Waals surface area contributed by atoms with E-state index in [1.807, 2.05) is 69.7 Å². The topological polar surface area (TPSA) is 53.6 Å². The minimum absolute atomic E-state index is 0. The Balaban J connectivity index is 0.00000338. The zero-order chi connectivity index (χ0) is 18.1. The average molecular weight is 378 g/mol. The van der Waals surface area contributed by atoms with Gasteiger partial charge >= 0.3 is 0 Å². The Kier molecular flexibility index (Phi) is 9.73. The van der Waals surface area contributed by atoms with E-state index < -0.39 is 0 Å². The van der Waals surface area contributed by atoms with Crippen LogP contribution in [0.1, 0.15) is 15.9 Å². The molecule has 0 aliphatic carbocycles. The van der Waals surface area contributed by atoms with Crippen molar-refractivity contribution in [1.29, 1.82) is 0 Å². The Hall–Kier alpha value is -2.08. The van der Waals surface area contributed by atoms with Crippen molar-refractivity contribution in [2.45, 2.75) is 6.42 Å². The molecule has 2 aromatic rings. The number of nitrogens with zero attached hydrogens (tertiary/aromatic N) is 1. The molecule has 1 amide bonds. The highest BCUT2D eigenvalue weighted by Crippen LogP contribution is 2.17. The molecular weight excluding hydrogens is 350 g/mol. The molecule has 0 saturated carbocycles. The first kappa shape index (κ1) is 22.0. The van der Waals surface area contributed by atoms with Gasteiger partial charge in [0.25, 0.3) is 5.91 Å². The van der Waals surface area contributed by atoms with Crippen molar-refractivity contribution in [3.8, 4) is 5.75 Å². The second-order valence-corrected chi connectivity index (χ2v) is 6.14. The van der Waals surface area contributed by atoms with Crippen LogP contribution in [-0.2, 0) is 6.42 Å². The number of benzene rings is 2. The number of halogens is 1. The van der Waals surface area contributed by atoms with Gasteiger partial charge in [-0.15, -0.1) is 12.4 Å². The molecule has 0 aliphatic rings. The Morgan fingerprint density at radius 3 is 2.42 bits per heavy atom. The Morgan fingerprint density at radius 1 is 1.08 bits per heavy atom. The molecule has 2 N–H and O–H groups in total. The monoisotopic (exact) mass is 377 g/mol. The summed E-state index contributed by atoms with van der Waals surface area (Å²) in [7, 11) is 5.93. The highest BCUT2D eigenvalue weighted by molar-refractivity contribution is 6.05. The lowest BCUT2D eigenvalue weighted by atomic mass is 10.0. The largest absolute Gasteiger partial charge is 0.492 e. The van der Waals surface area contributed by atoms with E-state index in [2.05, 4.69) is 15.5 Å². The third-order valence-corrected chi connectivity index (χ3v) is 3.83. The number of carbonyl (C=O) groups is 1. The van der Waals surface area contributed by atoms with Gasteiger partial charge in [-0.05, 0) is 70.0 Å². The molecule has 2 aromatic carbocycles. The molecule has 142 valence electrons. The lowest BCUT2D eigenvalue weighted by molar-refractivity contribution is 0.102. The van der Waals surface area contributed by atoms with E-state index in [0.29, 0.717) is 12.2 Å². The molecule has 0 bridgehead atoms. The maximum Gasteiger partial charge on any atom is 0.255 e. The van der Waals surface area contributed by atoms with Gasteiger partial charge in [-0.25, -0.2) is 0 Å². The number of hydrogen-bond donors (Lipinski definition) is 2. The third kappa shape index (κ3) is 7.04. The average Bonchev–Trinajstić information content (AvgIpc) is 2.61. The Bertz CT molecular complexity index is 675. The number of hydrogen-bond acceptors (Lipinski definition) is 4. The fraction of sp³-hybridized carbons (Fsp3) is 0.350. The van der Waals surface area contributed by atoms with Gasteiger partial charge in [-0.2, -0.15) is 0 Å². The molecular formula is C20H28ClN3O2. The number of nitrogens with one attached hydrogen (secondary N) is 2. The van der Waals surface area contributed by atoms with Gasteiger partial charge in [-0.3, -0.25) is 4.79 Å². The quantitative estimate of drug-likeness (QED) is 0.705. The third-order valence-electron chi connectivity index (χ3n) is 3.83. The zero-order valence-electron chi connectivity index (χ0n) is 15.6. The van der Waals surface area contributed by atoms with E-state index in [-0.39, 0.29) is 18.3 Å². The highest BCUT2D eigenvalue weighted by Gasteiger charge is 2.11. The second-order valence-electron chi connectivity index (χ2n) is 6.14. The summed E-state index contributed by atoms with van der Waals surface area (Å²) < 4.78 is 5.66. The van der Waals surface area contributed by atoms with Gasteiger partial charge < -0.3 is 20.3 Å². The van der Waals surface area contributed by atoms with Crippen LogP contribution >= 0.6 is 12.4 Å². The first-order valence-electron chi connectivity index (χ1n) is 8.51. The van der Waals surface area contributed by atoms with Gasteiger partial charge in [0.15, 0.2) is 0 Å². The summed E-state index contributed by atoms with van der Waals surface area (Å²) in [5.74, 6) is 0.710. The molecule has 5 nitrogen and oxygen atoms in total. The van der Waals surface area contributed by atoms with E-state index in [9.17, 15) is 4.79 Å². The predicted molar refractivity (Wildman–Crippen MR) is 110 cm³/mol. The minimum Gasteiger partial charge on any atom is -0.492 e. The summed E-state index contributed by atoms with van der Waals surface area (Å²) >= 11 is 0. The van der Waals surface area contributed by atoms with Crippen LogP contribution in [0.4, 0.5) is 5.69 Å². The maximum atomic E-state index is 12.6. The van der Waals surface area contributed by atoms with E-state index in [1.165, 1.54) is 0 Å². The van der Waals surface area contributed by atoms with Crippen LogP contribution < -0.4 is 15.4 Å². The molecule has 2 rings (SSSR count). The molecule has 26 heavy (non-hydrogen) atoms. The van der Waals surface area contributed by atoms with Crippen molar-refractivity contribution in [3.05, 3.63) is 59.7 Å². The summed E-state index contributed by atoms with van der Waals surface area (Å²) in [6, 6.07) is 15.2. The second kappa shape index (κ2) is 11.5. The van der Waals surface area contributed by atoms with Gasteiger partial charge in [-0.1, -0.05) is 18.2 Å². The molecule has 0 aromatic heterocycles. The molecule has 0 heterocycles. The summed E-state index contributed by atoms with van der Waals surface area (Å²) in [5, 5.41) is 6.07. The maximum absolute atomic E-state index is 12.6. The normalized spacial score (nSPS) is 10.3. The Morgan fingerprint density at radius 2 is 1.77 bits per heavy atom. The lowest BCUT2D eigenvalue weighted by Crippen LogP contribution is -2.19. The fourth-order valence-electron chi connectivity index (χ4n) is 2.40. The van der Waals surface area contributed by atoms with Crippen molar-refractivity contribution in [3.63, 3.8) is 0 Å². The summed E-state index contributed by atoms with van der Waals surface area (Å²) in [4.78, 5) is 14.6. The lowest BCUT2D eigenvalue weighted by Gasteiger charge is -2.12. The van der Waals surface area contributed by atoms with Crippen molar-refractivity contribution in [2.24, 2.45) is 0 Å². The summed E-state index contributed by atoms with van der Waals surface area (Å²) in [6.07, 6.45) is 0.818. The van der Waals surface area contributed by atoms with Crippen LogP contribution in [0.3, 0.4) is 0 Å². The molecule has 0 spiro atoms. The number of amides is 1. The van der Waals surface area contributed by atoms with E-state index in [1.54, 1.807) is 0 Å². The molecule has 0 saturated heterocycles. The number of ether oxygens (including phenoxy) is 1. The number of rotatable bonds is 9. The summed E-state index contributed by atoms with van der Waals surface area (Å²) in [5.41, 5.74) is 2.51. The van der Waals surface area contributed by atoms with Crippen LogP contribution in [-0.4, -0.2) is 51.6 Å². The predicted octanol–water partition coefficient (Wildman–Crippen LogP) is 3.06. The fourth-order valence-corrected chi connectivity index (χ4v) is 2.40. The number of likely N-dealkylation sites (N-methyl/N-ethyl adjacent to an activating group) is 2. The molecule has 0 aliphatic heterocycles. The van der Waals surface area contributed by atoms with Crippen molar-refractivity contribution in [1.82, 2.24) is 10.2 Å². The van der Waals surface area contributed by atoms with Gasteiger partial charge in [0.1, 0.15) is 12.4 Å². The van der Waals surface area contributed by atoms with Crippen LogP contribution in [0.25, 0.3) is 0 Å². The van der Waals surface area contributed by atoms with Crippen molar-refractivity contribution < 1.29 is 9.53 Å². The van der Waals surface area contributed by atoms with Crippen molar-refractivity contribution in [2.75, 3.05) is 46.2 Å². The molecule has 6 heteroatoms. The first-order chi connectivity index (χ1) is 12.1. The minimum atomic E-state index is -0.0898.